The van der Waals surface area contributed by atoms with E-state index in [2.05, 4.69) is 22.5 Å². The Labute approximate surface area is 169 Å². The lowest BCUT2D eigenvalue weighted by atomic mass is 9.86. The Morgan fingerprint density at radius 3 is 2.86 bits per heavy atom. The van der Waals surface area contributed by atoms with Crippen LogP contribution in [-0.2, 0) is 16.1 Å². The van der Waals surface area contributed by atoms with Gasteiger partial charge >= 0.3 is 6.03 Å². The number of ether oxygens (including phenoxy) is 1. The number of hydrogen-bond donors (Lipinski definition) is 2. The first kappa shape index (κ1) is 20.7. The zero-order valence-corrected chi connectivity index (χ0v) is 17.3. The Morgan fingerprint density at radius 1 is 1.29 bits per heavy atom. The van der Waals surface area contributed by atoms with Gasteiger partial charge in [-0.2, -0.15) is 0 Å². The molecule has 2 atom stereocenters. The lowest BCUT2D eigenvalue weighted by Crippen LogP contribution is -2.48. The minimum absolute atomic E-state index is 0.129. The average Bonchev–Trinajstić information content (AvgIpc) is 3.04. The summed E-state index contributed by atoms with van der Waals surface area (Å²) in [6, 6.07) is 7.59. The van der Waals surface area contributed by atoms with E-state index in [0.717, 1.165) is 35.5 Å². The summed E-state index contributed by atoms with van der Waals surface area (Å²) >= 11 is 1.32. The van der Waals surface area contributed by atoms with Crippen molar-refractivity contribution in [2.24, 2.45) is 5.92 Å². The van der Waals surface area contributed by atoms with Crippen LogP contribution >= 0.6 is 11.8 Å². The Hall–Kier alpha value is -2.06. The van der Waals surface area contributed by atoms with Crippen molar-refractivity contribution in [3.8, 4) is 0 Å². The third-order valence-electron chi connectivity index (χ3n) is 5.15. The highest BCUT2D eigenvalue weighted by Crippen LogP contribution is 2.25. The number of nitrogens with one attached hydrogen (secondary N) is 2. The molecule has 0 bridgehead atoms. The van der Waals surface area contributed by atoms with Gasteiger partial charge in [-0.15, -0.1) is 0 Å². The number of hydrogen-bond acceptors (Lipinski definition) is 5. The highest BCUT2D eigenvalue weighted by molar-refractivity contribution is 7.99. The number of aromatic nitrogens is 2. The van der Waals surface area contributed by atoms with Crippen molar-refractivity contribution in [2.75, 3.05) is 19.5 Å². The van der Waals surface area contributed by atoms with Crippen LogP contribution in [0.4, 0.5) is 4.79 Å². The van der Waals surface area contributed by atoms with E-state index < -0.39 is 6.03 Å². The maximum absolute atomic E-state index is 12.2. The summed E-state index contributed by atoms with van der Waals surface area (Å²) in [5.74, 6) is 0.255. The molecule has 2 unspecified atom stereocenters. The summed E-state index contributed by atoms with van der Waals surface area (Å²) in [6.45, 7) is 3.36. The van der Waals surface area contributed by atoms with Crippen molar-refractivity contribution in [1.82, 2.24) is 20.2 Å². The molecular weight excluding hydrogens is 376 g/mol. The van der Waals surface area contributed by atoms with Crippen molar-refractivity contribution in [2.45, 2.75) is 50.4 Å². The molecule has 2 aromatic rings. The number of imide groups is 1. The SMILES string of the molecule is COCCn1c(SCC(=O)NC(=O)NC2CCCCC2C)nc2ccccc21. The molecule has 1 heterocycles. The van der Waals surface area contributed by atoms with E-state index in [9.17, 15) is 9.59 Å². The first-order valence-electron chi connectivity index (χ1n) is 9.76. The maximum atomic E-state index is 12.2. The number of fused-ring (bicyclic) bond motifs is 1. The number of benzene rings is 1. The number of thioether (sulfide) groups is 1. The first-order valence-corrected chi connectivity index (χ1v) is 10.7. The fraction of sp³-hybridized carbons (Fsp3) is 0.550. The number of nitrogens with zero attached hydrogens (tertiary/aromatic N) is 2. The Bertz CT molecular complexity index is 823. The van der Waals surface area contributed by atoms with Crippen LogP contribution in [-0.4, -0.2) is 47.0 Å². The van der Waals surface area contributed by atoms with E-state index in [4.69, 9.17) is 4.74 Å². The van der Waals surface area contributed by atoms with Gasteiger partial charge in [0, 0.05) is 19.7 Å². The maximum Gasteiger partial charge on any atom is 0.321 e. The molecule has 1 saturated carbocycles. The quantitative estimate of drug-likeness (QED) is 0.693. The standard InChI is InChI=1S/C20H28N4O3S/c1-14-7-3-4-8-15(14)21-19(26)23-18(25)13-28-20-22-16-9-5-6-10-17(16)24(20)11-12-27-2/h5-6,9-10,14-15H,3-4,7-8,11-13H2,1-2H3,(H2,21,23,25,26). The molecule has 152 valence electrons. The average molecular weight is 405 g/mol. The van der Waals surface area contributed by atoms with Crippen LogP contribution in [0.25, 0.3) is 11.0 Å². The smallest absolute Gasteiger partial charge is 0.321 e. The molecule has 0 saturated heterocycles. The van der Waals surface area contributed by atoms with Crippen LogP contribution in [0, 0.1) is 5.92 Å². The van der Waals surface area contributed by atoms with Gasteiger partial charge in [0.25, 0.3) is 0 Å². The van der Waals surface area contributed by atoms with Gasteiger partial charge in [-0.25, -0.2) is 9.78 Å². The van der Waals surface area contributed by atoms with Crippen LogP contribution in [0.3, 0.4) is 0 Å². The van der Waals surface area contributed by atoms with Crippen molar-refractivity contribution in [3.63, 3.8) is 0 Å². The predicted octanol–water partition coefficient (Wildman–Crippen LogP) is 3.18. The fourth-order valence-electron chi connectivity index (χ4n) is 3.59. The number of rotatable bonds is 7. The molecule has 1 fully saturated rings. The summed E-state index contributed by atoms with van der Waals surface area (Å²) in [5, 5.41) is 6.13. The molecule has 7 nitrogen and oxygen atoms in total. The second-order valence-corrected chi connectivity index (χ2v) is 8.15. The minimum atomic E-state index is -0.405. The van der Waals surface area contributed by atoms with Crippen molar-refractivity contribution in [1.29, 1.82) is 0 Å². The molecular formula is C20H28N4O3S. The van der Waals surface area contributed by atoms with E-state index in [-0.39, 0.29) is 17.7 Å². The number of carbonyl (C=O) groups is 2. The molecule has 1 aliphatic carbocycles. The second-order valence-electron chi connectivity index (χ2n) is 7.21. The molecule has 1 aromatic heterocycles. The zero-order chi connectivity index (χ0) is 19.9. The second kappa shape index (κ2) is 9.93. The van der Waals surface area contributed by atoms with E-state index in [1.807, 2.05) is 28.8 Å². The Morgan fingerprint density at radius 2 is 2.07 bits per heavy atom. The molecule has 28 heavy (non-hydrogen) atoms. The number of amides is 3. The van der Waals surface area contributed by atoms with Crippen LogP contribution in [0.1, 0.15) is 32.6 Å². The van der Waals surface area contributed by atoms with Crippen molar-refractivity contribution >= 4 is 34.7 Å². The number of imidazole rings is 1. The predicted molar refractivity (Wildman–Crippen MR) is 110 cm³/mol. The van der Waals surface area contributed by atoms with Gasteiger partial charge < -0.3 is 14.6 Å². The Kier molecular flexibility index (Phi) is 7.33. The van der Waals surface area contributed by atoms with Crippen molar-refractivity contribution in [3.05, 3.63) is 24.3 Å². The van der Waals surface area contributed by atoms with E-state index in [1.54, 1.807) is 7.11 Å². The van der Waals surface area contributed by atoms with Gasteiger partial charge in [0.1, 0.15) is 0 Å². The molecule has 0 spiro atoms. The third-order valence-corrected chi connectivity index (χ3v) is 6.13. The summed E-state index contributed by atoms with van der Waals surface area (Å²) in [6.07, 6.45) is 4.42. The number of urea groups is 1. The lowest BCUT2D eigenvalue weighted by molar-refractivity contribution is -0.117. The van der Waals surface area contributed by atoms with Gasteiger partial charge in [0.05, 0.1) is 23.4 Å². The molecule has 3 rings (SSSR count). The number of carbonyl (C=O) groups excluding carboxylic acids is 2. The number of methoxy groups -OCH3 is 1. The molecule has 0 aliphatic heterocycles. The summed E-state index contributed by atoms with van der Waals surface area (Å²) in [7, 11) is 1.66. The highest BCUT2D eigenvalue weighted by atomic mass is 32.2. The van der Waals surface area contributed by atoms with E-state index >= 15 is 0 Å². The van der Waals surface area contributed by atoms with Crippen LogP contribution in [0.15, 0.2) is 29.4 Å². The van der Waals surface area contributed by atoms with Crippen LogP contribution in [0.5, 0.6) is 0 Å². The van der Waals surface area contributed by atoms with Crippen molar-refractivity contribution < 1.29 is 14.3 Å². The van der Waals surface area contributed by atoms with Gasteiger partial charge in [-0.3, -0.25) is 10.1 Å². The van der Waals surface area contributed by atoms with E-state index in [1.165, 1.54) is 18.2 Å². The summed E-state index contributed by atoms with van der Waals surface area (Å²) in [4.78, 5) is 29.0. The Balaban J connectivity index is 1.56. The van der Waals surface area contributed by atoms with Crippen LogP contribution < -0.4 is 10.6 Å². The summed E-state index contributed by atoms with van der Waals surface area (Å²) < 4.78 is 7.23. The molecule has 8 heteroatoms. The fourth-order valence-corrected chi connectivity index (χ4v) is 4.43. The molecule has 3 amide bonds. The van der Waals surface area contributed by atoms with Gasteiger partial charge in [0.15, 0.2) is 5.16 Å². The topological polar surface area (TPSA) is 85.2 Å². The molecule has 0 radical (unpaired) electrons. The molecule has 2 N–H and O–H groups in total. The highest BCUT2D eigenvalue weighted by Gasteiger charge is 2.23. The largest absolute Gasteiger partial charge is 0.383 e. The zero-order valence-electron chi connectivity index (χ0n) is 16.4. The molecule has 1 aliphatic rings. The van der Waals surface area contributed by atoms with Gasteiger partial charge in [-0.05, 0) is 30.9 Å². The normalized spacial score (nSPS) is 19.5. The summed E-state index contributed by atoms with van der Waals surface area (Å²) in [5.41, 5.74) is 1.89. The molecule has 1 aromatic carbocycles. The van der Waals surface area contributed by atoms with E-state index in [0.29, 0.717) is 19.1 Å². The van der Waals surface area contributed by atoms with Gasteiger partial charge in [0.2, 0.25) is 5.91 Å². The van der Waals surface area contributed by atoms with Crippen LogP contribution in [0.2, 0.25) is 0 Å². The minimum Gasteiger partial charge on any atom is -0.383 e. The monoisotopic (exact) mass is 404 g/mol. The number of para-hydroxylation sites is 2. The van der Waals surface area contributed by atoms with Gasteiger partial charge in [-0.1, -0.05) is 43.7 Å². The lowest BCUT2D eigenvalue weighted by Gasteiger charge is -2.29. The first-order chi connectivity index (χ1) is 13.6. The third kappa shape index (κ3) is 5.26.